The summed E-state index contributed by atoms with van der Waals surface area (Å²) in [6, 6.07) is 1.32. The molecular weight excluding hydrogens is 205 g/mol. The van der Waals surface area contributed by atoms with Crippen molar-refractivity contribution in [1.29, 1.82) is 0 Å². The number of aromatic nitrogens is 3. The summed E-state index contributed by atoms with van der Waals surface area (Å²) in [5, 5.41) is 0.375. The van der Waals surface area contributed by atoms with E-state index in [4.69, 9.17) is 11.6 Å². The summed E-state index contributed by atoms with van der Waals surface area (Å²) < 4.78 is 12.8. The van der Waals surface area contributed by atoms with Gasteiger partial charge in [0.15, 0.2) is 0 Å². The molecule has 0 aromatic carbocycles. The van der Waals surface area contributed by atoms with Gasteiger partial charge in [0.05, 0.1) is 16.9 Å². The minimum Gasteiger partial charge on any atom is -0.261 e. The first-order valence-electron chi connectivity index (χ1n) is 3.84. The van der Waals surface area contributed by atoms with Crippen LogP contribution < -0.4 is 0 Å². The Balaban J connectivity index is 2.55. The number of nitrogens with zero attached hydrogens (tertiary/aromatic N) is 3. The Bertz CT molecular complexity index is 461. The molecule has 0 radical (unpaired) electrons. The second-order valence-corrected chi connectivity index (χ2v) is 3.02. The summed E-state index contributed by atoms with van der Waals surface area (Å²) in [6.45, 7) is 0. The summed E-state index contributed by atoms with van der Waals surface area (Å²) in [4.78, 5) is 11.4. The van der Waals surface area contributed by atoms with Gasteiger partial charge in [0.2, 0.25) is 0 Å². The molecule has 5 heteroatoms. The van der Waals surface area contributed by atoms with Crippen molar-refractivity contribution in [3.05, 3.63) is 41.8 Å². The van der Waals surface area contributed by atoms with Crippen molar-refractivity contribution in [1.82, 2.24) is 15.0 Å². The van der Waals surface area contributed by atoms with Gasteiger partial charge >= 0.3 is 0 Å². The molecule has 0 saturated heterocycles. The van der Waals surface area contributed by atoms with Gasteiger partial charge in [-0.15, -0.1) is 0 Å². The van der Waals surface area contributed by atoms with Crippen LogP contribution in [0.25, 0.3) is 11.3 Å². The second-order valence-electron chi connectivity index (χ2n) is 2.61. The minimum atomic E-state index is -0.419. The van der Waals surface area contributed by atoms with Crippen LogP contribution in [0.2, 0.25) is 5.02 Å². The van der Waals surface area contributed by atoms with E-state index in [1.807, 2.05) is 0 Å². The summed E-state index contributed by atoms with van der Waals surface area (Å²) in [5.41, 5.74) is 1.02. The van der Waals surface area contributed by atoms with Crippen LogP contribution in [-0.2, 0) is 0 Å². The van der Waals surface area contributed by atoms with E-state index >= 15 is 0 Å². The second kappa shape index (κ2) is 3.67. The van der Waals surface area contributed by atoms with E-state index in [-0.39, 0.29) is 0 Å². The molecule has 0 saturated carbocycles. The molecule has 14 heavy (non-hydrogen) atoms. The van der Waals surface area contributed by atoms with Crippen LogP contribution in [0.1, 0.15) is 0 Å². The molecule has 0 amide bonds. The van der Waals surface area contributed by atoms with E-state index in [1.54, 1.807) is 0 Å². The van der Waals surface area contributed by atoms with Gasteiger partial charge in [0, 0.05) is 18.0 Å². The third-order valence-electron chi connectivity index (χ3n) is 1.65. The average Bonchev–Trinajstić information content (AvgIpc) is 2.18. The highest BCUT2D eigenvalue weighted by Crippen LogP contribution is 2.23. The molecule has 2 heterocycles. The zero-order chi connectivity index (χ0) is 9.97. The van der Waals surface area contributed by atoms with Crippen LogP contribution in [-0.4, -0.2) is 15.0 Å². The van der Waals surface area contributed by atoms with Gasteiger partial charge in [-0.1, -0.05) is 11.6 Å². The molecule has 70 valence electrons. The summed E-state index contributed by atoms with van der Waals surface area (Å²) >= 11 is 5.84. The molecule has 2 rings (SSSR count). The van der Waals surface area contributed by atoms with Crippen molar-refractivity contribution in [2.24, 2.45) is 0 Å². The van der Waals surface area contributed by atoms with Crippen molar-refractivity contribution in [2.75, 3.05) is 0 Å². The van der Waals surface area contributed by atoms with E-state index in [9.17, 15) is 4.39 Å². The number of pyridine rings is 1. The van der Waals surface area contributed by atoms with Crippen LogP contribution in [0.3, 0.4) is 0 Å². The maximum Gasteiger partial charge on any atom is 0.142 e. The highest BCUT2D eigenvalue weighted by molar-refractivity contribution is 6.32. The van der Waals surface area contributed by atoms with Crippen LogP contribution >= 0.6 is 11.6 Å². The molecule has 0 aliphatic rings. The Labute approximate surface area is 84.6 Å². The minimum absolute atomic E-state index is 0.375. The molecule has 0 bridgehead atoms. The predicted octanol–water partition coefficient (Wildman–Crippen LogP) is 2.33. The van der Waals surface area contributed by atoms with Crippen molar-refractivity contribution < 1.29 is 4.39 Å². The molecule has 0 atom stereocenters. The van der Waals surface area contributed by atoms with E-state index in [0.29, 0.717) is 16.3 Å². The van der Waals surface area contributed by atoms with Crippen LogP contribution in [0.5, 0.6) is 0 Å². The average molecular weight is 210 g/mol. The lowest BCUT2D eigenvalue weighted by Gasteiger charge is -2.00. The summed E-state index contributed by atoms with van der Waals surface area (Å²) in [7, 11) is 0. The monoisotopic (exact) mass is 209 g/mol. The molecule has 3 nitrogen and oxygen atoms in total. The maximum absolute atomic E-state index is 12.8. The van der Waals surface area contributed by atoms with E-state index in [1.165, 1.54) is 24.8 Å². The fourth-order valence-corrected chi connectivity index (χ4v) is 1.28. The zero-order valence-electron chi connectivity index (χ0n) is 6.98. The topological polar surface area (TPSA) is 38.7 Å². The Morgan fingerprint density at radius 3 is 2.71 bits per heavy atom. The summed E-state index contributed by atoms with van der Waals surface area (Å²) in [5.74, 6) is -0.419. The van der Waals surface area contributed by atoms with Crippen LogP contribution in [0.4, 0.5) is 4.39 Å². The smallest absolute Gasteiger partial charge is 0.142 e. The van der Waals surface area contributed by atoms with Crippen molar-refractivity contribution >= 4 is 11.6 Å². The Morgan fingerprint density at radius 1 is 1.14 bits per heavy atom. The van der Waals surface area contributed by atoms with Gasteiger partial charge in [0.1, 0.15) is 12.1 Å². The van der Waals surface area contributed by atoms with E-state index in [0.717, 1.165) is 6.20 Å². The molecule has 0 N–H and O–H groups in total. The molecule has 2 aromatic heterocycles. The lowest BCUT2D eigenvalue weighted by atomic mass is 10.2. The normalized spacial score (nSPS) is 10.1. The Morgan fingerprint density at radius 2 is 2.00 bits per heavy atom. The Kier molecular flexibility index (Phi) is 2.37. The number of hydrogen-bond donors (Lipinski definition) is 0. The lowest BCUT2D eigenvalue weighted by Crippen LogP contribution is -1.88. The van der Waals surface area contributed by atoms with Crippen LogP contribution in [0.15, 0.2) is 31.0 Å². The zero-order valence-corrected chi connectivity index (χ0v) is 7.74. The molecule has 0 aliphatic heterocycles. The maximum atomic E-state index is 12.8. The van der Waals surface area contributed by atoms with Gasteiger partial charge in [0.25, 0.3) is 0 Å². The molecular formula is C9H5ClFN3. The standard InChI is InChI=1S/C9H5ClFN3/c10-8-4-13-5-14-9(8)6-1-7(11)3-12-2-6/h1-5H. The quantitative estimate of drug-likeness (QED) is 0.724. The SMILES string of the molecule is Fc1cncc(-c2ncncc2Cl)c1. The third-order valence-corrected chi connectivity index (χ3v) is 1.92. The molecule has 0 aliphatic carbocycles. The first-order chi connectivity index (χ1) is 6.77. The largest absolute Gasteiger partial charge is 0.261 e. The summed E-state index contributed by atoms with van der Waals surface area (Å²) in [6.07, 6.45) is 5.43. The number of halogens is 2. The molecule has 2 aromatic rings. The highest BCUT2D eigenvalue weighted by atomic mass is 35.5. The van der Waals surface area contributed by atoms with E-state index in [2.05, 4.69) is 15.0 Å². The van der Waals surface area contributed by atoms with E-state index < -0.39 is 5.82 Å². The van der Waals surface area contributed by atoms with Gasteiger partial charge < -0.3 is 0 Å². The fourth-order valence-electron chi connectivity index (χ4n) is 1.07. The molecule has 0 unspecified atom stereocenters. The molecule has 0 spiro atoms. The van der Waals surface area contributed by atoms with Crippen molar-refractivity contribution in [2.45, 2.75) is 0 Å². The van der Waals surface area contributed by atoms with Gasteiger partial charge in [-0.3, -0.25) is 4.98 Å². The third kappa shape index (κ3) is 1.70. The number of rotatable bonds is 1. The first-order valence-corrected chi connectivity index (χ1v) is 4.21. The van der Waals surface area contributed by atoms with Crippen LogP contribution in [0, 0.1) is 5.82 Å². The highest BCUT2D eigenvalue weighted by Gasteiger charge is 2.05. The van der Waals surface area contributed by atoms with Gasteiger partial charge in [-0.25, -0.2) is 14.4 Å². The van der Waals surface area contributed by atoms with Gasteiger partial charge in [-0.05, 0) is 6.07 Å². The lowest BCUT2D eigenvalue weighted by molar-refractivity contribution is 0.622. The predicted molar refractivity (Wildman–Crippen MR) is 50.2 cm³/mol. The van der Waals surface area contributed by atoms with Crippen molar-refractivity contribution in [3.63, 3.8) is 0 Å². The first kappa shape index (κ1) is 9.02. The van der Waals surface area contributed by atoms with Gasteiger partial charge in [-0.2, -0.15) is 0 Å². The van der Waals surface area contributed by atoms with Crippen molar-refractivity contribution in [3.8, 4) is 11.3 Å². The molecule has 0 fully saturated rings. The fraction of sp³-hybridized carbons (Fsp3) is 0. The Hall–Kier alpha value is -1.55. The number of hydrogen-bond acceptors (Lipinski definition) is 3.